The summed E-state index contributed by atoms with van der Waals surface area (Å²) in [7, 11) is 1.77. The molecule has 170 valence electrons. The lowest BCUT2D eigenvalue weighted by Gasteiger charge is -2.48. The number of carbonyl (C=O) groups is 2. The minimum atomic E-state index is -0.719. The van der Waals surface area contributed by atoms with E-state index in [-0.39, 0.29) is 12.0 Å². The standard InChI is InChI=1S/C26H28N4O3/c1-25(21-11-7-4-8-12-21)26(33-24(32)30(25)19-20-9-5-3-6-10-20)14-17-29(18-15-26)23(31)22-13-16-27-28(22)2/h3-13,16H,14-15,17-19H2,1-2H3. The molecule has 5 rings (SSSR count). The molecule has 7 heteroatoms. The molecule has 2 fully saturated rings. The zero-order valence-corrected chi connectivity index (χ0v) is 19.0. The zero-order chi connectivity index (χ0) is 23.1. The van der Waals surface area contributed by atoms with Crippen molar-refractivity contribution in [3.05, 3.63) is 89.7 Å². The SMILES string of the molecule is Cn1nccc1C(=O)N1CCC2(CC1)OC(=O)N(Cc1ccccc1)C2(C)c1ccccc1. The van der Waals surface area contributed by atoms with Crippen LogP contribution in [-0.2, 0) is 23.9 Å². The molecule has 1 aromatic heterocycles. The van der Waals surface area contributed by atoms with Gasteiger partial charge in [-0.15, -0.1) is 0 Å². The Labute approximate surface area is 193 Å². The van der Waals surface area contributed by atoms with Crippen LogP contribution in [0.2, 0.25) is 0 Å². The van der Waals surface area contributed by atoms with Crippen LogP contribution in [-0.4, -0.2) is 50.3 Å². The topological polar surface area (TPSA) is 67.7 Å². The Kier molecular flexibility index (Phi) is 5.19. The molecular weight excluding hydrogens is 416 g/mol. The van der Waals surface area contributed by atoms with Gasteiger partial charge in [-0.2, -0.15) is 5.10 Å². The van der Waals surface area contributed by atoms with Gasteiger partial charge in [0.25, 0.3) is 5.91 Å². The van der Waals surface area contributed by atoms with Gasteiger partial charge < -0.3 is 9.64 Å². The molecular formula is C26H28N4O3. The van der Waals surface area contributed by atoms with Gasteiger partial charge in [0.1, 0.15) is 16.8 Å². The normalized spacial score (nSPS) is 21.9. The van der Waals surface area contributed by atoms with E-state index in [1.165, 1.54) is 0 Å². The average molecular weight is 445 g/mol. The van der Waals surface area contributed by atoms with Crippen LogP contribution in [0.3, 0.4) is 0 Å². The van der Waals surface area contributed by atoms with Gasteiger partial charge in [0.15, 0.2) is 0 Å². The maximum Gasteiger partial charge on any atom is 0.411 e. The maximum absolute atomic E-state index is 13.3. The number of likely N-dealkylation sites (tertiary alicyclic amines) is 1. The molecule has 0 N–H and O–H groups in total. The van der Waals surface area contributed by atoms with Crippen LogP contribution in [0, 0.1) is 0 Å². The largest absolute Gasteiger partial charge is 0.440 e. The molecule has 2 saturated heterocycles. The highest BCUT2D eigenvalue weighted by Gasteiger charge is 2.63. The number of hydrogen-bond acceptors (Lipinski definition) is 4. The third-order valence-electron chi connectivity index (χ3n) is 7.35. The fourth-order valence-electron chi connectivity index (χ4n) is 5.33. The second-order valence-electron chi connectivity index (χ2n) is 9.00. The van der Waals surface area contributed by atoms with Gasteiger partial charge in [-0.1, -0.05) is 60.7 Å². The molecule has 1 atom stereocenters. The van der Waals surface area contributed by atoms with Crippen molar-refractivity contribution in [2.24, 2.45) is 7.05 Å². The second kappa shape index (κ2) is 8.06. The molecule has 7 nitrogen and oxygen atoms in total. The molecule has 0 bridgehead atoms. The first kappa shape index (κ1) is 21.2. The highest BCUT2D eigenvalue weighted by molar-refractivity contribution is 5.92. The summed E-state index contributed by atoms with van der Waals surface area (Å²) < 4.78 is 7.81. The summed E-state index contributed by atoms with van der Waals surface area (Å²) in [6, 6.07) is 21.8. The molecule has 2 aliphatic heterocycles. The highest BCUT2D eigenvalue weighted by Crippen LogP contribution is 2.52. The Balaban J connectivity index is 1.47. The van der Waals surface area contributed by atoms with Crippen LogP contribution in [0.4, 0.5) is 4.79 Å². The molecule has 0 aliphatic carbocycles. The number of amides is 2. The molecule has 1 spiro atoms. The number of piperidine rings is 1. The minimum absolute atomic E-state index is 0.0447. The van der Waals surface area contributed by atoms with Crippen LogP contribution in [0.1, 0.15) is 41.4 Å². The summed E-state index contributed by atoms with van der Waals surface area (Å²) >= 11 is 0. The van der Waals surface area contributed by atoms with Crippen molar-refractivity contribution >= 4 is 12.0 Å². The highest BCUT2D eigenvalue weighted by atomic mass is 16.6. The fourth-order valence-corrected chi connectivity index (χ4v) is 5.33. The summed E-state index contributed by atoms with van der Waals surface area (Å²) in [4.78, 5) is 30.0. The second-order valence-corrected chi connectivity index (χ2v) is 9.00. The molecule has 2 aromatic carbocycles. The van der Waals surface area contributed by atoms with Gasteiger partial charge in [0, 0.05) is 39.2 Å². The molecule has 0 radical (unpaired) electrons. The van der Waals surface area contributed by atoms with Crippen molar-refractivity contribution in [2.75, 3.05) is 13.1 Å². The predicted octanol–water partition coefficient (Wildman–Crippen LogP) is 3.96. The third kappa shape index (κ3) is 3.39. The van der Waals surface area contributed by atoms with Gasteiger partial charge in [-0.3, -0.25) is 14.4 Å². The van der Waals surface area contributed by atoms with E-state index < -0.39 is 11.1 Å². The number of aromatic nitrogens is 2. The summed E-state index contributed by atoms with van der Waals surface area (Å²) in [5.41, 5.74) is 1.27. The third-order valence-corrected chi connectivity index (χ3v) is 7.35. The molecule has 2 amide bonds. The molecule has 2 aliphatic rings. The number of nitrogens with zero attached hydrogens (tertiary/aromatic N) is 4. The Hall–Kier alpha value is -3.61. The van der Waals surface area contributed by atoms with Crippen molar-refractivity contribution in [1.29, 1.82) is 0 Å². The maximum atomic E-state index is 13.3. The van der Waals surface area contributed by atoms with Crippen molar-refractivity contribution in [3.8, 4) is 0 Å². The summed E-state index contributed by atoms with van der Waals surface area (Å²) in [6.45, 7) is 3.59. The first-order valence-corrected chi connectivity index (χ1v) is 11.3. The van der Waals surface area contributed by atoms with E-state index in [1.54, 1.807) is 24.0 Å². The monoisotopic (exact) mass is 444 g/mol. The Morgan fingerprint density at radius 3 is 2.24 bits per heavy atom. The van der Waals surface area contributed by atoms with Crippen molar-refractivity contribution in [1.82, 2.24) is 19.6 Å². The molecule has 1 unspecified atom stereocenters. The van der Waals surface area contributed by atoms with E-state index in [4.69, 9.17) is 4.74 Å². The quantitative estimate of drug-likeness (QED) is 0.611. The van der Waals surface area contributed by atoms with Gasteiger partial charge in [-0.05, 0) is 24.1 Å². The average Bonchev–Trinajstić information content (AvgIpc) is 3.36. The Morgan fingerprint density at radius 2 is 1.64 bits per heavy atom. The van der Waals surface area contributed by atoms with E-state index in [0.717, 1.165) is 11.1 Å². The number of benzene rings is 2. The molecule has 33 heavy (non-hydrogen) atoms. The van der Waals surface area contributed by atoms with Crippen LogP contribution in [0.25, 0.3) is 0 Å². The number of rotatable bonds is 4. The summed E-state index contributed by atoms with van der Waals surface area (Å²) in [5, 5.41) is 4.12. The molecule has 3 heterocycles. The first-order valence-electron chi connectivity index (χ1n) is 11.3. The van der Waals surface area contributed by atoms with E-state index in [9.17, 15) is 9.59 Å². The van der Waals surface area contributed by atoms with Gasteiger partial charge in [0.2, 0.25) is 0 Å². The lowest BCUT2D eigenvalue weighted by Crippen LogP contribution is -2.58. The molecule has 3 aromatic rings. The van der Waals surface area contributed by atoms with Crippen molar-refractivity contribution in [3.63, 3.8) is 0 Å². The fraction of sp³-hybridized carbons (Fsp3) is 0.346. The van der Waals surface area contributed by atoms with Crippen LogP contribution >= 0.6 is 0 Å². The zero-order valence-electron chi connectivity index (χ0n) is 19.0. The van der Waals surface area contributed by atoms with Crippen LogP contribution < -0.4 is 0 Å². The summed E-state index contributed by atoms with van der Waals surface area (Å²) in [6.07, 6.45) is 2.46. The Bertz CT molecular complexity index is 1150. The summed E-state index contributed by atoms with van der Waals surface area (Å²) in [5.74, 6) is -0.0447. The van der Waals surface area contributed by atoms with E-state index in [0.29, 0.717) is 38.2 Å². The molecule has 0 saturated carbocycles. The van der Waals surface area contributed by atoms with E-state index in [1.807, 2.05) is 58.3 Å². The van der Waals surface area contributed by atoms with E-state index in [2.05, 4.69) is 24.2 Å². The predicted molar refractivity (Wildman–Crippen MR) is 123 cm³/mol. The lowest BCUT2D eigenvalue weighted by atomic mass is 9.70. The number of ether oxygens (including phenoxy) is 1. The van der Waals surface area contributed by atoms with Crippen LogP contribution in [0.5, 0.6) is 0 Å². The van der Waals surface area contributed by atoms with Gasteiger partial charge in [-0.25, -0.2) is 4.79 Å². The first-order chi connectivity index (χ1) is 15.9. The van der Waals surface area contributed by atoms with E-state index >= 15 is 0 Å². The minimum Gasteiger partial charge on any atom is -0.440 e. The smallest absolute Gasteiger partial charge is 0.411 e. The number of hydrogen-bond donors (Lipinski definition) is 0. The number of aryl methyl sites for hydroxylation is 1. The lowest BCUT2D eigenvalue weighted by molar-refractivity contribution is -0.0552. The van der Waals surface area contributed by atoms with Crippen molar-refractivity contribution < 1.29 is 14.3 Å². The van der Waals surface area contributed by atoms with Crippen LogP contribution in [0.15, 0.2) is 72.9 Å². The van der Waals surface area contributed by atoms with Gasteiger partial charge in [0.05, 0.1) is 6.54 Å². The van der Waals surface area contributed by atoms with Crippen molar-refractivity contribution in [2.45, 2.75) is 37.5 Å². The number of carbonyl (C=O) groups excluding carboxylic acids is 2. The van der Waals surface area contributed by atoms with Gasteiger partial charge >= 0.3 is 6.09 Å². The Morgan fingerprint density at radius 1 is 1.00 bits per heavy atom.